The lowest BCUT2D eigenvalue weighted by Gasteiger charge is -2.56. The number of likely N-dealkylation sites (tertiary alicyclic amines) is 1. The lowest BCUT2D eigenvalue weighted by molar-refractivity contribution is 0.0378. The molecular weight excluding hydrogens is 318 g/mol. The lowest BCUT2D eigenvalue weighted by atomic mass is 9.55. The van der Waals surface area contributed by atoms with E-state index in [-0.39, 0.29) is 5.41 Å². The quantitative estimate of drug-likeness (QED) is 0.840. The maximum atomic E-state index is 10.2. The molecule has 2 bridgehead atoms. The van der Waals surface area contributed by atoms with Gasteiger partial charge in [0.2, 0.25) is 0 Å². The molecule has 2 aliphatic rings. The number of hydrogen-bond donors (Lipinski definition) is 1. The Morgan fingerprint density at radius 3 is 2.65 bits per heavy atom. The Balaban J connectivity index is 1.81. The van der Waals surface area contributed by atoms with Crippen LogP contribution in [-0.4, -0.2) is 29.1 Å². The van der Waals surface area contributed by atoms with Crippen LogP contribution >= 0.6 is 0 Å². The van der Waals surface area contributed by atoms with Crippen LogP contribution in [0.15, 0.2) is 48.5 Å². The van der Waals surface area contributed by atoms with Gasteiger partial charge in [0.15, 0.2) is 0 Å². The van der Waals surface area contributed by atoms with Gasteiger partial charge in [0.25, 0.3) is 0 Å². The molecule has 2 nitrogen and oxygen atoms in total. The van der Waals surface area contributed by atoms with Crippen molar-refractivity contribution in [3.05, 3.63) is 65.2 Å². The van der Waals surface area contributed by atoms with Crippen molar-refractivity contribution in [3.63, 3.8) is 0 Å². The third kappa shape index (κ3) is 2.75. The number of nitrogens with zero attached hydrogens (tertiary/aromatic N) is 1. The first-order valence-electron chi connectivity index (χ1n) is 10.1. The van der Waals surface area contributed by atoms with Crippen LogP contribution in [-0.2, 0) is 11.8 Å². The monoisotopic (exact) mass is 349 g/mol. The van der Waals surface area contributed by atoms with Crippen molar-refractivity contribution in [2.45, 2.75) is 51.5 Å². The Bertz CT molecular complexity index is 769. The molecule has 26 heavy (non-hydrogen) atoms. The molecule has 2 aromatic carbocycles. The molecule has 3 atom stereocenters. The molecule has 138 valence electrons. The molecule has 1 aliphatic carbocycles. The van der Waals surface area contributed by atoms with E-state index in [0.717, 1.165) is 25.3 Å². The molecule has 1 saturated heterocycles. The highest BCUT2D eigenvalue weighted by molar-refractivity contribution is 5.51. The summed E-state index contributed by atoms with van der Waals surface area (Å²) >= 11 is 0. The van der Waals surface area contributed by atoms with Crippen molar-refractivity contribution in [2.24, 2.45) is 11.8 Å². The Labute approximate surface area is 157 Å². The summed E-state index contributed by atoms with van der Waals surface area (Å²) in [5, 5.41) is 10.2. The minimum Gasteiger partial charge on any atom is -0.508 e. The molecule has 1 fully saturated rings. The van der Waals surface area contributed by atoms with E-state index >= 15 is 0 Å². The highest BCUT2D eigenvalue weighted by Crippen LogP contribution is 2.53. The molecule has 0 saturated carbocycles. The third-order valence-corrected chi connectivity index (χ3v) is 6.90. The molecule has 2 heteroatoms. The van der Waals surface area contributed by atoms with Crippen molar-refractivity contribution >= 4 is 0 Å². The summed E-state index contributed by atoms with van der Waals surface area (Å²) < 4.78 is 0. The molecule has 0 spiro atoms. The zero-order valence-corrected chi connectivity index (χ0v) is 16.3. The van der Waals surface area contributed by atoms with E-state index in [0.29, 0.717) is 17.7 Å². The second kappa shape index (κ2) is 6.74. The van der Waals surface area contributed by atoms with Crippen LogP contribution in [0.1, 0.15) is 50.3 Å². The SMILES string of the molecule is CC(C)CCN1CCC2(c3ccccc3)c3cc(O)ccc3CC1[C@H]2C. The first-order chi connectivity index (χ1) is 12.5. The van der Waals surface area contributed by atoms with Gasteiger partial charge in [-0.15, -0.1) is 0 Å². The molecule has 1 heterocycles. The van der Waals surface area contributed by atoms with E-state index in [1.807, 2.05) is 12.1 Å². The molecule has 2 aromatic rings. The van der Waals surface area contributed by atoms with Gasteiger partial charge in [-0.3, -0.25) is 4.90 Å². The molecule has 1 aliphatic heterocycles. The van der Waals surface area contributed by atoms with E-state index in [4.69, 9.17) is 0 Å². The van der Waals surface area contributed by atoms with Gasteiger partial charge in [-0.2, -0.15) is 0 Å². The molecule has 0 aromatic heterocycles. The molecular formula is C24H31NO. The van der Waals surface area contributed by atoms with Crippen LogP contribution in [0.5, 0.6) is 5.75 Å². The molecule has 0 radical (unpaired) electrons. The number of piperidine rings is 1. The molecule has 2 unspecified atom stereocenters. The van der Waals surface area contributed by atoms with Gasteiger partial charge in [-0.05, 0) is 73.0 Å². The van der Waals surface area contributed by atoms with Crippen LogP contribution in [0, 0.1) is 11.8 Å². The molecule has 0 amide bonds. The number of benzene rings is 2. The second-order valence-corrected chi connectivity index (χ2v) is 8.71. The van der Waals surface area contributed by atoms with Crippen molar-refractivity contribution in [1.29, 1.82) is 0 Å². The van der Waals surface area contributed by atoms with Crippen LogP contribution in [0.2, 0.25) is 0 Å². The highest BCUT2D eigenvalue weighted by Gasteiger charge is 2.51. The Kier molecular flexibility index (Phi) is 4.56. The maximum absolute atomic E-state index is 10.2. The summed E-state index contributed by atoms with van der Waals surface area (Å²) in [6.07, 6.45) is 3.50. The van der Waals surface area contributed by atoms with Crippen molar-refractivity contribution < 1.29 is 5.11 Å². The van der Waals surface area contributed by atoms with Gasteiger partial charge >= 0.3 is 0 Å². The first-order valence-corrected chi connectivity index (χ1v) is 10.1. The van der Waals surface area contributed by atoms with Crippen molar-refractivity contribution in [3.8, 4) is 5.75 Å². The third-order valence-electron chi connectivity index (χ3n) is 6.90. The number of rotatable bonds is 4. The van der Waals surface area contributed by atoms with Crippen molar-refractivity contribution in [2.75, 3.05) is 13.1 Å². The van der Waals surface area contributed by atoms with Gasteiger partial charge in [0.05, 0.1) is 0 Å². The van der Waals surface area contributed by atoms with Gasteiger partial charge in [0, 0.05) is 11.5 Å². The average Bonchev–Trinajstić information content (AvgIpc) is 2.63. The molecule has 4 rings (SSSR count). The number of fused-ring (bicyclic) bond motifs is 4. The largest absolute Gasteiger partial charge is 0.508 e. The van der Waals surface area contributed by atoms with Gasteiger partial charge in [0.1, 0.15) is 5.75 Å². The summed E-state index contributed by atoms with van der Waals surface area (Å²) in [6, 6.07) is 17.6. The minimum atomic E-state index is 0.0204. The fourth-order valence-corrected chi connectivity index (χ4v) is 5.43. The van der Waals surface area contributed by atoms with Crippen LogP contribution < -0.4 is 0 Å². The summed E-state index contributed by atoms with van der Waals surface area (Å²) in [7, 11) is 0. The van der Waals surface area contributed by atoms with E-state index in [2.05, 4.69) is 62.1 Å². The van der Waals surface area contributed by atoms with Crippen molar-refractivity contribution in [1.82, 2.24) is 4.90 Å². The maximum Gasteiger partial charge on any atom is 0.115 e. The summed E-state index contributed by atoms with van der Waals surface area (Å²) in [5.74, 6) is 1.69. The Hall–Kier alpha value is -1.80. The topological polar surface area (TPSA) is 23.5 Å². The van der Waals surface area contributed by atoms with E-state index in [1.54, 1.807) is 0 Å². The smallest absolute Gasteiger partial charge is 0.115 e. The number of phenols is 1. The number of phenolic OH excluding ortho intramolecular Hbond substituents is 1. The van der Waals surface area contributed by atoms with Crippen LogP contribution in [0.25, 0.3) is 0 Å². The summed E-state index contributed by atoms with van der Waals surface area (Å²) in [4.78, 5) is 2.74. The minimum absolute atomic E-state index is 0.0204. The zero-order chi connectivity index (χ0) is 18.3. The second-order valence-electron chi connectivity index (χ2n) is 8.71. The Morgan fingerprint density at radius 2 is 1.92 bits per heavy atom. The average molecular weight is 350 g/mol. The van der Waals surface area contributed by atoms with E-state index < -0.39 is 0 Å². The van der Waals surface area contributed by atoms with Crippen LogP contribution in [0.4, 0.5) is 0 Å². The first kappa shape index (κ1) is 17.6. The Morgan fingerprint density at radius 1 is 1.15 bits per heavy atom. The predicted octanol–water partition coefficient (Wildman–Crippen LogP) is 4.99. The number of aromatic hydroxyl groups is 1. The zero-order valence-electron chi connectivity index (χ0n) is 16.3. The summed E-state index contributed by atoms with van der Waals surface area (Å²) in [6.45, 7) is 9.42. The summed E-state index contributed by atoms with van der Waals surface area (Å²) in [5.41, 5.74) is 4.21. The van der Waals surface area contributed by atoms with Gasteiger partial charge in [-0.25, -0.2) is 0 Å². The van der Waals surface area contributed by atoms with E-state index in [1.165, 1.54) is 29.7 Å². The van der Waals surface area contributed by atoms with Gasteiger partial charge < -0.3 is 5.11 Å². The van der Waals surface area contributed by atoms with Crippen LogP contribution in [0.3, 0.4) is 0 Å². The normalized spacial score (nSPS) is 28.2. The lowest BCUT2D eigenvalue weighted by Crippen LogP contribution is -2.59. The fourth-order valence-electron chi connectivity index (χ4n) is 5.43. The predicted molar refractivity (Wildman–Crippen MR) is 108 cm³/mol. The fraction of sp³-hybridized carbons (Fsp3) is 0.500. The standard InChI is InChI=1S/C24H31NO/c1-17(2)11-13-25-14-12-24(20-7-5-4-6-8-20)18(3)23(25)15-19-9-10-21(26)16-22(19)24/h4-10,16-18,23,26H,11-15H2,1-3H3/t18-,23?,24?/m1/s1. The van der Waals surface area contributed by atoms with Gasteiger partial charge in [-0.1, -0.05) is 57.2 Å². The number of hydrogen-bond acceptors (Lipinski definition) is 2. The highest BCUT2D eigenvalue weighted by atomic mass is 16.3. The molecule has 1 N–H and O–H groups in total. The van der Waals surface area contributed by atoms with E-state index in [9.17, 15) is 5.11 Å².